The third kappa shape index (κ3) is 3.89. The number of methoxy groups -OCH3 is 1. The lowest BCUT2D eigenvalue weighted by Gasteiger charge is -2.37. The zero-order valence-corrected chi connectivity index (χ0v) is 16.2. The summed E-state index contributed by atoms with van der Waals surface area (Å²) in [4.78, 5) is 24.1. The van der Waals surface area contributed by atoms with Gasteiger partial charge in [-0.1, -0.05) is 6.07 Å². The molecule has 7 nitrogen and oxygen atoms in total. The minimum absolute atomic E-state index is 0.0554. The van der Waals surface area contributed by atoms with Gasteiger partial charge in [-0.15, -0.1) is 0 Å². The van der Waals surface area contributed by atoms with E-state index in [1.165, 1.54) is 0 Å². The van der Waals surface area contributed by atoms with E-state index in [9.17, 15) is 4.79 Å². The number of ether oxygens (including phenoxy) is 2. The normalized spacial score (nSPS) is 17.5. The Labute approximate surface area is 165 Å². The van der Waals surface area contributed by atoms with E-state index in [2.05, 4.69) is 20.9 Å². The molecule has 2 aromatic rings. The van der Waals surface area contributed by atoms with Crippen molar-refractivity contribution in [2.75, 3.05) is 69.4 Å². The summed E-state index contributed by atoms with van der Waals surface area (Å²) >= 11 is 0. The third-order valence-electron chi connectivity index (χ3n) is 5.31. The van der Waals surface area contributed by atoms with Gasteiger partial charge in [-0.05, 0) is 24.3 Å². The lowest BCUT2D eigenvalue weighted by molar-refractivity contribution is 0.0745. The maximum Gasteiger partial charge on any atom is 0.257 e. The molecule has 4 rings (SSSR count). The molecule has 148 valence electrons. The maximum atomic E-state index is 13.2. The molecule has 28 heavy (non-hydrogen) atoms. The number of rotatable bonds is 4. The number of carbonyl (C=O) groups excluding carboxylic acids is 1. The van der Waals surface area contributed by atoms with Crippen LogP contribution in [0.3, 0.4) is 0 Å². The van der Waals surface area contributed by atoms with E-state index < -0.39 is 0 Å². The number of morpholine rings is 1. The van der Waals surface area contributed by atoms with Gasteiger partial charge in [0.2, 0.25) is 0 Å². The van der Waals surface area contributed by atoms with Gasteiger partial charge in [0, 0.05) is 57.2 Å². The van der Waals surface area contributed by atoms with Gasteiger partial charge in [-0.2, -0.15) is 0 Å². The van der Waals surface area contributed by atoms with E-state index >= 15 is 0 Å². The quantitative estimate of drug-likeness (QED) is 0.805. The highest BCUT2D eigenvalue weighted by Gasteiger charge is 2.26. The second-order valence-corrected chi connectivity index (χ2v) is 6.95. The molecule has 7 heteroatoms. The molecule has 2 aliphatic heterocycles. The average Bonchev–Trinajstić information content (AvgIpc) is 2.79. The Morgan fingerprint density at radius 2 is 1.79 bits per heavy atom. The Morgan fingerprint density at radius 3 is 2.54 bits per heavy atom. The van der Waals surface area contributed by atoms with Gasteiger partial charge in [-0.3, -0.25) is 4.79 Å². The Bertz CT molecular complexity index is 815. The molecule has 2 aliphatic rings. The SMILES string of the molecule is COc1cccc(N2CCN(C(=O)c3cccnc3N3CCOCC3)CC2)c1. The first-order valence-corrected chi connectivity index (χ1v) is 9.72. The van der Waals surface area contributed by atoms with Crippen LogP contribution in [0.1, 0.15) is 10.4 Å². The largest absolute Gasteiger partial charge is 0.497 e. The third-order valence-corrected chi connectivity index (χ3v) is 5.31. The predicted octanol–water partition coefficient (Wildman–Crippen LogP) is 1.89. The van der Waals surface area contributed by atoms with E-state index in [0.29, 0.717) is 31.9 Å². The van der Waals surface area contributed by atoms with Gasteiger partial charge in [0.15, 0.2) is 0 Å². The van der Waals surface area contributed by atoms with Gasteiger partial charge >= 0.3 is 0 Å². The number of hydrogen-bond donors (Lipinski definition) is 0. The standard InChI is InChI=1S/C21H26N4O3/c1-27-18-5-2-4-17(16-18)23-8-10-25(11-9-23)21(26)19-6-3-7-22-20(19)24-12-14-28-15-13-24/h2-7,16H,8-15H2,1H3. The molecule has 0 radical (unpaired) electrons. The molecule has 2 saturated heterocycles. The molecule has 0 N–H and O–H groups in total. The number of aromatic nitrogens is 1. The molecule has 1 aromatic carbocycles. The molecule has 0 spiro atoms. The Kier molecular flexibility index (Phi) is 5.62. The predicted molar refractivity (Wildman–Crippen MR) is 108 cm³/mol. The number of nitrogens with zero attached hydrogens (tertiary/aromatic N) is 4. The number of pyridine rings is 1. The second-order valence-electron chi connectivity index (χ2n) is 6.95. The molecule has 0 unspecified atom stereocenters. The first kappa shape index (κ1) is 18.6. The van der Waals surface area contributed by atoms with Crippen molar-refractivity contribution in [3.63, 3.8) is 0 Å². The highest BCUT2D eigenvalue weighted by atomic mass is 16.5. The molecule has 0 saturated carbocycles. The molecule has 2 fully saturated rings. The van der Waals surface area contributed by atoms with Crippen LogP contribution in [0.25, 0.3) is 0 Å². The van der Waals surface area contributed by atoms with Crippen molar-refractivity contribution in [2.45, 2.75) is 0 Å². The van der Waals surface area contributed by atoms with Crippen LogP contribution in [-0.4, -0.2) is 75.4 Å². The van der Waals surface area contributed by atoms with Crippen molar-refractivity contribution >= 4 is 17.4 Å². The van der Waals surface area contributed by atoms with Crippen LogP contribution < -0.4 is 14.5 Å². The minimum atomic E-state index is 0.0554. The second kappa shape index (κ2) is 8.48. The van der Waals surface area contributed by atoms with Crippen molar-refractivity contribution in [1.82, 2.24) is 9.88 Å². The molecular weight excluding hydrogens is 356 g/mol. The van der Waals surface area contributed by atoms with Crippen molar-refractivity contribution in [1.29, 1.82) is 0 Å². The van der Waals surface area contributed by atoms with E-state index in [4.69, 9.17) is 9.47 Å². The lowest BCUT2D eigenvalue weighted by atomic mass is 10.1. The fraction of sp³-hybridized carbons (Fsp3) is 0.429. The molecule has 1 aromatic heterocycles. The molecule has 0 bridgehead atoms. The first-order valence-electron chi connectivity index (χ1n) is 9.72. The number of piperazine rings is 1. The molecule has 0 atom stereocenters. The van der Waals surface area contributed by atoms with Crippen LogP contribution in [-0.2, 0) is 4.74 Å². The highest BCUT2D eigenvalue weighted by molar-refractivity contribution is 5.99. The first-order chi connectivity index (χ1) is 13.8. The summed E-state index contributed by atoms with van der Waals surface area (Å²) in [5.74, 6) is 1.67. The summed E-state index contributed by atoms with van der Waals surface area (Å²) < 4.78 is 10.8. The summed E-state index contributed by atoms with van der Waals surface area (Å²) in [6.45, 7) is 5.84. The van der Waals surface area contributed by atoms with E-state index in [1.807, 2.05) is 35.2 Å². The monoisotopic (exact) mass is 382 g/mol. The van der Waals surface area contributed by atoms with Gasteiger partial charge in [-0.25, -0.2) is 4.98 Å². The molecule has 3 heterocycles. The number of carbonyl (C=O) groups is 1. The van der Waals surface area contributed by atoms with Gasteiger partial charge in [0.1, 0.15) is 11.6 Å². The summed E-state index contributed by atoms with van der Waals surface area (Å²) in [7, 11) is 1.68. The van der Waals surface area contributed by atoms with Crippen molar-refractivity contribution < 1.29 is 14.3 Å². The minimum Gasteiger partial charge on any atom is -0.497 e. The summed E-state index contributed by atoms with van der Waals surface area (Å²) in [6.07, 6.45) is 1.75. The highest BCUT2D eigenvalue weighted by Crippen LogP contribution is 2.24. The van der Waals surface area contributed by atoms with Crippen LogP contribution in [0.15, 0.2) is 42.6 Å². The number of anilines is 2. The van der Waals surface area contributed by atoms with Crippen molar-refractivity contribution in [3.8, 4) is 5.75 Å². The maximum absolute atomic E-state index is 13.2. The van der Waals surface area contributed by atoms with Gasteiger partial charge in [0.05, 0.1) is 25.9 Å². The summed E-state index contributed by atoms with van der Waals surface area (Å²) in [5.41, 5.74) is 1.81. The van der Waals surface area contributed by atoms with Crippen LogP contribution in [0.4, 0.5) is 11.5 Å². The fourth-order valence-corrected chi connectivity index (χ4v) is 3.74. The van der Waals surface area contributed by atoms with Crippen molar-refractivity contribution in [3.05, 3.63) is 48.2 Å². The zero-order chi connectivity index (χ0) is 19.3. The topological polar surface area (TPSA) is 58.1 Å². The summed E-state index contributed by atoms with van der Waals surface area (Å²) in [6, 6.07) is 11.8. The van der Waals surface area contributed by atoms with E-state index in [0.717, 1.165) is 43.4 Å². The van der Waals surface area contributed by atoms with Crippen LogP contribution >= 0.6 is 0 Å². The smallest absolute Gasteiger partial charge is 0.257 e. The van der Waals surface area contributed by atoms with Crippen LogP contribution in [0.5, 0.6) is 5.75 Å². The lowest BCUT2D eigenvalue weighted by Crippen LogP contribution is -2.49. The van der Waals surface area contributed by atoms with Crippen LogP contribution in [0, 0.1) is 0 Å². The number of hydrogen-bond acceptors (Lipinski definition) is 6. The Morgan fingerprint density at radius 1 is 1.00 bits per heavy atom. The van der Waals surface area contributed by atoms with E-state index in [-0.39, 0.29) is 5.91 Å². The Balaban J connectivity index is 1.44. The average molecular weight is 382 g/mol. The molecule has 0 aliphatic carbocycles. The van der Waals surface area contributed by atoms with Gasteiger partial charge < -0.3 is 24.2 Å². The molecule has 1 amide bonds. The number of benzene rings is 1. The molecular formula is C21H26N4O3. The fourth-order valence-electron chi connectivity index (χ4n) is 3.74. The number of amides is 1. The summed E-state index contributed by atoms with van der Waals surface area (Å²) in [5, 5.41) is 0. The Hall–Kier alpha value is -2.80. The van der Waals surface area contributed by atoms with Crippen LogP contribution in [0.2, 0.25) is 0 Å². The zero-order valence-electron chi connectivity index (χ0n) is 16.2. The van der Waals surface area contributed by atoms with Crippen molar-refractivity contribution in [2.24, 2.45) is 0 Å². The van der Waals surface area contributed by atoms with Gasteiger partial charge in [0.25, 0.3) is 5.91 Å². The van der Waals surface area contributed by atoms with E-state index in [1.54, 1.807) is 13.3 Å².